The van der Waals surface area contributed by atoms with Crippen LogP contribution < -0.4 is 0 Å². The lowest BCUT2D eigenvalue weighted by Crippen LogP contribution is -2.54. The van der Waals surface area contributed by atoms with E-state index in [1.165, 1.54) is 6.92 Å². The van der Waals surface area contributed by atoms with Crippen molar-refractivity contribution in [1.29, 1.82) is 0 Å². The molecule has 0 radical (unpaired) electrons. The van der Waals surface area contributed by atoms with Crippen LogP contribution in [0.25, 0.3) is 0 Å². The fourth-order valence-corrected chi connectivity index (χ4v) is 1.65. The summed E-state index contributed by atoms with van der Waals surface area (Å²) in [5.41, 5.74) is -2.34. The van der Waals surface area contributed by atoms with E-state index in [1.54, 1.807) is 0 Å². The molecule has 4 nitrogen and oxygen atoms in total. The van der Waals surface area contributed by atoms with E-state index in [0.717, 1.165) is 13.8 Å². The summed E-state index contributed by atoms with van der Waals surface area (Å²) in [6.45, 7) is 3.18. The van der Waals surface area contributed by atoms with E-state index >= 15 is 0 Å². The van der Waals surface area contributed by atoms with Crippen LogP contribution in [0.15, 0.2) is 0 Å². The number of hydrogen-bond acceptors (Lipinski definition) is 4. The highest BCUT2D eigenvalue weighted by atomic mass is 19.4. The molecule has 0 bridgehead atoms. The van der Waals surface area contributed by atoms with E-state index < -0.39 is 54.2 Å². The molecule has 0 amide bonds. The van der Waals surface area contributed by atoms with Gasteiger partial charge in [0.15, 0.2) is 0 Å². The molecule has 0 aliphatic rings. The standard InChI is InChI=1S/C13H16F6O4/c1-4-8(21)11(3,6-5-7(2)20)10(22)23-12(16,9(14)15)13(17,18)19/h9H,4-6H2,1-3H3. The van der Waals surface area contributed by atoms with Crippen LogP contribution in [0, 0.1) is 5.41 Å². The Bertz CT molecular complexity index is 476. The molecule has 134 valence electrons. The normalized spacial score (nSPS) is 17.3. The van der Waals surface area contributed by atoms with Crippen LogP contribution in [0.2, 0.25) is 0 Å². The van der Waals surface area contributed by atoms with Gasteiger partial charge in [0.05, 0.1) is 0 Å². The number of carbonyl (C=O) groups excluding carboxylic acids is 3. The van der Waals surface area contributed by atoms with Gasteiger partial charge in [0.2, 0.25) is 0 Å². The molecule has 0 fully saturated rings. The van der Waals surface area contributed by atoms with Gasteiger partial charge in [-0.05, 0) is 20.3 Å². The van der Waals surface area contributed by atoms with Gasteiger partial charge in [-0.15, -0.1) is 0 Å². The number of halogens is 6. The zero-order valence-electron chi connectivity index (χ0n) is 12.6. The van der Waals surface area contributed by atoms with Crippen LogP contribution in [0.5, 0.6) is 0 Å². The Labute approximate surface area is 128 Å². The van der Waals surface area contributed by atoms with E-state index in [1.807, 2.05) is 0 Å². The number of esters is 1. The van der Waals surface area contributed by atoms with Crippen molar-refractivity contribution < 1.29 is 45.5 Å². The van der Waals surface area contributed by atoms with Crippen molar-refractivity contribution in [1.82, 2.24) is 0 Å². The molecule has 0 saturated heterocycles. The summed E-state index contributed by atoms with van der Waals surface area (Å²) in [7, 11) is 0. The Hall–Kier alpha value is -1.61. The van der Waals surface area contributed by atoms with Crippen molar-refractivity contribution in [3.63, 3.8) is 0 Å². The lowest BCUT2D eigenvalue weighted by molar-refractivity contribution is -0.357. The SMILES string of the molecule is CCC(=O)C(C)(CCC(C)=O)C(=O)OC(F)(C(F)F)C(F)(F)F. The predicted molar refractivity (Wildman–Crippen MR) is 65.3 cm³/mol. The number of hydrogen-bond donors (Lipinski definition) is 0. The molecule has 2 atom stereocenters. The van der Waals surface area contributed by atoms with Crippen molar-refractivity contribution in [3.05, 3.63) is 0 Å². The monoisotopic (exact) mass is 350 g/mol. The molecular formula is C13H16F6O4. The van der Waals surface area contributed by atoms with Crippen LogP contribution in [0.4, 0.5) is 26.3 Å². The summed E-state index contributed by atoms with van der Waals surface area (Å²) < 4.78 is 79.0. The van der Waals surface area contributed by atoms with Gasteiger partial charge in [-0.25, -0.2) is 8.78 Å². The van der Waals surface area contributed by atoms with Gasteiger partial charge in [-0.1, -0.05) is 6.92 Å². The van der Waals surface area contributed by atoms with Crippen molar-refractivity contribution in [2.24, 2.45) is 5.41 Å². The molecule has 23 heavy (non-hydrogen) atoms. The summed E-state index contributed by atoms with van der Waals surface area (Å²) in [5, 5.41) is 0. The molecule has 0 spiro atoms. The molecule has 0 saturated carbocycles. The fourth-order valence-electron chi connectivity index (χ4n) is 1.65. The van der Waals surface area contributed by atoms with Crippen LogP contribution >= 0.6 is 0 Å². The quantitative estimate of drug-likeness (QED) is 0.383. The fraction of sp³-hybridized carbons (Fsp3) is 0.769. The van der Waals surface area contributed by atoms with Crippen LogP contribution in [0.3, 0.4) is 0 Å². The highest BCUT2D eigenvalue weighted by Crippen LogP contribution is 2.42. The van der Waals surface area contributed by atoms with Crippen molar-refractivity contribution in [3.8, 4) is 0 Å². The zero-order valence-corrected chi connectivity index (χ0v) is 12.6. The third-order valence-electron chi connectivity index (χ3n) is 3.27. The molecular weight excluding hydrogens is 334 g/mol. The second-order valence-electron chi connectivity index (χ2n) is 5.14. The summed E-state index contributed by atoms with van der Waals surface area (Å²) >= 11 is 0. The van der Waals surface area contributed by atoms with E-state index in [9.17, 15) is 40.7 Å². The van der Waals surface area contributed by atoms with E-state index in [2.05, 4.69) is 4.74 Å². The average molecular weight is 350 g/mol. The summed E-state index contributed by atoms with van der Waals surface area (Å²) in [5.74, 6) is -9.08. The Morgan fingerprint density at radius 2 is 1.57 bits per heavy atom. The molecule has 2 unspecified atom stereocenters. The number of Topliss-reactive ketones (excluding diaryl/α,β-unsaturated/α-hetero) is 2. The maximum atomic E-state index is 13.5. The Balaban J connectivity index is 5.62. The van der Waals surface area contributed by atoms with Gasteiger partial charge in [0.25, 0.3) is 0 Å². The molecule has 0 aliphatic heterocycles. The largest absolute Gasteiger partial charge is 0.466 e. The topological polar surface area (TPSA) is 60.4 Å². The molecule has 0 aromatic heterocycles. The van der Waals surface area contributed by atoms with Gasteiger partial charge in [0.1, 0.15) is 17.0 Å². The van der Waals surface area contributed by atoms with Crippen molar-refractivity contribution in [2.75, 3.05) is 0 Å². The summed E-state index contributed by atoms with van der Waals surface area (Å²) in [4.78, 5) is 34.5. The molecule has 0 rings (SSSR count). The first kappa shape index (κ1) is 21.4. The number of ether oxygens (including phenoxy) is 1. The minimum Gasteiger partial charge on any atom is -0.414 e. The Morgan fingerprint density at radius 1 is 1.09 bits per heavy atom. The maximum Gasteiger partial charge on any atom is 0.466 e. The maximum absolute atomic E-state index is 13.5. The van der Waals surface area contributed by atoms with Crippen LogP contribution in [-0.2, 0) is 19.1 Å². The molecule has 0 heterocycles. The van der Waals surface area contributed by atoms with Crippen LogP contribution in [0.1, 0.15) is 40.0 Å². The predicted octanol–water partition coefficient (Wildman–Crippen LogP) is 3.38. The van der Waals surface area contributed by atoms with Gasteiger partial charge in [-0.2, -0.15) is 17.6 Å². The average Bonchev–Trinajstić information content (AvgIpc) is 2.41. The van der Waals surface area contributed by atoms with Crippen molar-refractivity contribution >= 4 is 17.5 Å². The second kappa shape index (κ2) is 7.31. The lowest BCUT2D eigenvalue weighted by Gasteiger charge is -2.32. The number of carbonyl (C=O) groups is 3. The lowest BCUT2D eigenvalue weighted by atomic mass is 9.79. The number of rotatable bonds is 8. The highest BCUT2D eigenvalue weighted by Gasteiger charge is 2.67. The highest BCUT2D eigenvalue weighted by molar-refractivity contribution is 6.03. The molecule has 0 aromatic carbocycles. The zero-order chi connectivity index (χ0) is 18.6. The first-order valence-corrected chi connectivity index (χ1v) is 6.52. The Morgan fingerprint density at radius 3 is 1.87 bits per heavy atom. The minimum atomic E-state index is -6.19. The van der Waals surface area contributed by atoms with E-state index in [-0.39, 0.29) is 6.42 Å². The van der Waals surface area contributed by atoms with Gasteiger partial charge in [0, 0.05) is 12.8 Å². The van der Waals surface area contributed by atoms with Gasteiger partial charge >= 0.3 is 24.4 Å². The first-order valence-electron chi connectivity index (χ1n) is 6.52. The third kappa shape index (κ3) is 4.68. The van der Waals surface area contributed by atoms with E-state index in [4.69, 9.17) is 0 Å². The molecule has 10 heteroatoms. The minimum absolute atomic E-state index is 0.344. The summed E-state index contributed by atoms with van der Waals surface area (Å²) in [6.07, 6.45) is -12.2. The molecule has 0 aliphatic carbocycles. The third-order valence-corrected chi connectivity index (χ3v) is 3.27. The molecule has 0 aromatic rings. The Kier molecular flexibility index (Phi) is 6.80. The molecule has 0 N–H and O–H groups in total. The summed E-state index contributed by atoms with van der Waals surface area (Å²) in [6, 6.07) is 0. The number of alkyl halides is 6. The van der Waals surface area contributed by atoms with Gasteiger partial charge < -0.3 is 9.53 Å². The smallest absolute Gasteiger partial charge is 0.414 e. The van der Waals surface area contributed by atoms with Crippen LogP contribution in [-0.4, -0.2) is 36.0 Å². The van der Waals surface area contributed by atoms with Crippen molar-refractivity contribution in [2.45, 2.75) is 58.5 Å². The number of ketones is 2. The van der Waals surface area contributed by atoms with Gasteiger partial charge in [-0.3, -0.25) is 9.59 Å². The first-order chi connectivity index (χ1) is 10.2. The van der Waals surface area contributed by atoms with E-state index in [0.29, 0.717) is 0 Å². The second-order valence-corrected chi connectivity index (χ2v) is 5.14.